The van der Waals surface area contributed by atoms with E-state index in [1.165, 1.54) is 6.42 Å². The largest absolute Gasteiger partial charge is 0.355 e. The number of hydrogen-bond acceptors (Lipinski definition) is 3. The van der Waals surface area contributed by atoms with Gasteiger partial charge in [0.1, 0.15) is 0 Å². The standard InChI is InChI=1S/C9H21N3O/c1-11-8-9(13)12-7-5-3-2-4-6-10/h11H,2-8,10H2,1H3,(H,12,13). The zero-order valence-corrected chi connectivity index (χ0v) is 8.44. The smallest absolute Gasteiger partial charge is 0.233 e. The fraction of sp³-hybridized carbons (Fsp3) is 0.889. The third kappa shape index (κ3) is 9.30. The van der Waals surface area contributed by atoms with Crippen molar-refractivity contribution < 1.29 is 4.79 Å². The third-order valence-corrected chi connectivity index (χ3v) is 1.79. The van der Waals surface area contributed by atoms with Gasteiger partial charge < -0.3 is 16.4 Å². The molecule has 0 spiro atoms. The molecule has 1 amide bonds. The first kappa shape index (κ1) is 12.4. The van der Waals surface area contributed by atoms with Gasteiger partial charge in [0.15, 0.2) is 0 Å². The van der Waals surface area contributed by atoms with Gasteiger partial charge in [-0.1, -0.05) is 12.8 Å². The summed E-state index contributed by atoms with van der Waals surface area (Å²) in [6.45, 7) is 1.96. The van der Waals surface area contributed by atoms with Gasteiger partial charge in [-0.3, -0.25) is 4.79 Å². The van der Waals surface area contributed by atoms with E-state index in [1.54, 1.807) is 7.05 Å². The summed E-state index contributed by atoms with van der Waals surface area (Å²) in [6.07, 6.45) is 4.45. The number of carbonyl (C=O) groups excluding carboxylic acids is 1. The van der Waals surface area contributed by atoms with Crippen LogP contribution in [0.5, 0.6) is 0 Å². The van der Waals surface area contributed by atoms with Crippen molar-refractivity contribution >= 4 is 5.91 Å². The number of likely N-dealkylation sites (N-methyl/N-ethyl adjacent to an activating group) is 1. The van der Waals surface area contributed by atoms with Crippen LogP contribution in [0, 0.1) is 0 Å². The van der Waals surface area contributed by atoms with Crippen molar-refractivity contribution in [3.8, 4) is 0 Å². The molecule has 0 aromatic heterocycles. The number of nitrogens with two attached hydrogens (primary N) is 1. The molecule has 4 N–H and O–H groups in total. The summed E-state index contributed by atoms with van der Waals surface area (Å²) >= 11 is 0. The van der Waals surface area contributed by atoms with Crippen LogP contribution in [0.2, 0.25) is 0 Å². The van der Waals surface area contributed by atoms with E-state index in [9.17, 15) is 4.79 Å². The number of unbranched alkanes of at least 4 members (excludes halogenated alkanes) is 3. The predicted octanol–water partition coefficient (Wildman–Crippen LogP) is -0.159. The minimum atomic E-state index is 0.0707. The van der Waals surface area contributed by atoms with Crippen LogP contribution in [0.1, 0.15) is 25.7 Å². The van der Waals surface area contributed by atoms with Gasteiger partial charge in [0.05, 0.1) is 6.54 Å². The highest BCUT2D eigenvalue weighted by molar-refractivity contribution is 5.77. The molecule has 0 aliphatic heterocycles. The summed E-state index contributed by atoms with van der Waals surface area (Å²) in [5.74, 6) is 0.0707. The summed E-state index contributed by atoms with van der Waals surface area (Å²) in [5, 5.41) is 5.63. The molecule has 4 nitrogen and oxygen atoms in total. The highest BCUT2D eigenvalue weighted by Crippen LogP contribution is 1.96. The second kappa shape index (κ2) is 9.48. The van der Waals surface area contributed by atoms with Gasteiger partial charge in [-0.25, -0.2) is 0 Å². The summed E-state index contributed by atoms with van der Waals surface area (Å²) < 4.78 is 0. The zero-order valence-electron chi connectivity index (χ0n) is 8.44. The Labute approximate surface area is 80.3 Å². The van der Waals surface area contributed by atoms with Crippen molar-refractivity contribution in [3.63, 3.8) is 0 Å². The molecule has 0 aliphatic rings. The Kier molecular flexibility index (Phi) is 9.03. The van der Waals surface area contributed by atoms with E-state index in [0.717, 1.165) is 32.4 Å². The number of rotatable bonds is 8. The van der Waals surface area contributed by atoms with Gasteiger partial charge in [-0.05, 0) is 26.4 Å². The minimum Gasteiger partial charge on any atom is -0.355 e. The molecular weight excluding hydrogens is 166 g/mol. The van der Waals surface area contributed by atoms with Gasteiger partial charge in [0.25, 0.3) is 0 Å². The highest BCUT2D eigenvalue weighted by Gasteiger charge is 1.96. The van der Waals surface area contributed by atoms with Crippen LogP contribution in [0.25, 0.3) is 0 Å². The number of nitrogens with one attached hydrogen (secondary N) is 2. The first-order chi connectivity index (χ1) is 6.31. The molecule has 0 aromatic rings. The Balaban J connectivity index is 3.02. The third-order valence-electron chi connectivity index (χ3n) is 1.79. The lowest BCUT2D eigenvalue weighted by Crippen LogP contribution is -2.32. The lowest BCUT2D eigenvalue weighted by molar-refractivity contribution is -0.120. The van der Waals surface area contributed by atoms with Gasteiger partial charge in [-0.15, -0.1) is 0 Å². The van der Waals surface area contributed by atoms with Gasteiger partial charge >= 0.3 is 0 Å². The van der Waals surface area contributed by atoms with E-state index in [4.69, 9.17) is 5.73 Å². The average molecular weight is 187 g/mol. The summed E-state index contributed by atoms with van der Waals surface area (Å²) in [6, 6.07) is 0. The van der Waals surface area contributed by atoms with E-state index in [1.807, 2.05) is 0 Å². The molecule has 78 valence electrons. The molecule has 13 heavy (non-hydrogen) atoms. The Bertz CT molecular complexity index is 128. The first-order valence-corrected chi connectivity index (χ1v) is 4.92. The van der Waals surface area contributed by atoms with Crippen LogP contribution in [0.15, 0.2) is 0 Å². The monoisotopic (exact) mass is 187 g/mol. The second-order valence-electron chi connectivity index (χ2n) is 3.08. The van der Waals surface area contributed by atoms with Crippen LogP contribution in [0.4, 0.5) is 0 Å². The van der Waals surface area contributed by atoms with Crippen molar-refractivity contribution in [1.29, 1.82) is 0 Å². The van der Waals surface area contributed by atoms with E-state index >= 15 is 0 Å². The van der Waals surface area contributed by atoms with Crippen molar-refractivity contribution in [2.45, 2.75) is 25.7 Å². The molecule has 0 radical (unpaired) electrons. The Morgan fingerprint density at radius 3 is 2.54 bits per heavy atom. The normalized spacial score (nSPS) is 10.0. The maximum absolute atomic E-state index is 10.9. The molecule has 0 bridgehead atoms. The highest BCUT2D eigenvalue weighted by atomic mass is 16.1. The van der Waals surface area contributed by atoms with Crippen LogP contribution in [0.3, 0.4) is 0 Å². The Hall–Kier alpha value is -0.610. The fourth-order valence-electron chi connectivity index (χ4n) is 1.07. The second-order valence-corrected chi connectivity index (χ2v) is 3.08. The van der Waals surface area contributed by atoms with Gasteiger partial charge in [0.2, 0.25) is 5.91 Å². The zero-order chi connectivity index (χ0) is 9.94. The minimum absolute atomic E-state index is 0.0707. The van der Waals surface area contributed by atoms with Crippen LogP contribution < -0.4 is 16.4 Å². The molecule has 4 heteroatoms. The molecule has 0 rings (SSSR count). The Morgan fingerprint density at radius 2 is 1.92 bits per heavy atom. The number of carbonyl (C=O) groups is 1. The van der Waals surface area contributed by atoms with Gasteiger partial charge in [-0.2, -0.15) is 0 Å². The average Bonchev–Trinajstić information content (AvgIpc) is 2.11. The van der Waals surface area contributed by atoms with Crippen molar-refractivity contribution in [1.82, 2.24) is 10.6 Å². The molecule has 0 atom stereocenters. The molecule has 0 saturated carbocycles. The number of hydrogen-bond donors (Lipinski definition) is 3. The molecule has 0 saturated heterocycles. The molecular formula is C9H21N3O. The van der Waals surface area contributed by atoms with Crippen molar-refractivity contribution in [2.75, 3.05) is 26.7 Å². The van der Waals surface area contributed by atoms with Crippen molar-refractivity contribution in [2.24, 2.45) is 5.73 Å². The van der Waals surface area contributed by atoms with Crippen LogP contribution in [-0.4, -0.2) is 32.6 Å². The molecule has 0 aliphatic carbocycles. The summed E-state index contributed by atoms with van der Waals surface area (Å²) in [7, 11) is 1.76. The quantitative estimate of drug-likeness (QED) is 0.463. The van der Waals surface area contributed by atoms with Gasteiger partial charge in [0, 0.05) is 6.54 Å². The van der Waals surface area contributed by atoms with Crippen molar-refractivity contribution in [3.05, 3.63) is 0 Å². The topological polar surface area (TPSA) is 67.2 Å². The lowest BCUT2D eigenvalue weighted by atomic mass is 10.2. The lowest BCUT2D eigenvalue weighted by Gasteiger charge is -2.03. The van der Waals surface area contributed by atoms with Crippen LogP contribution >= 0.6 is 0 Å². The summed E-state index contributed by atoms with van der Waals surface area (Å²) in [5.41, 5.74) is 5.35. The van der Waals surface area contributed by atoms with E-state index in [2.05, 4.69) is 10.6 Å². The number of amides is 1. The molecule has 0 fully saturated rings. The van der Waals surface area contributed by atoms with E-state index in [0.29, 0.717) is 6.54 Å². The fourth-order valence-corrected chi connectivity index (χ4v) is 1.07. The molecule has 0 heterocycles. The predicted molar refractivity (Wildman–Crippen MR) is 54.5 cm³/mol. The SMILES string of the molecule is CNCC(=O)NCCCCCCN. The molecule has 0 unspecified atom stereocenters. The van der Waals surface area contributed by atoms with E-state index in [-0.39, 0.29) is 5.91 Å². The Morgan fingerprint density at radius 1 is 1.23 bits per heavy atom. The first-order valence-electron chi connectivity index (χ1n) is 4.92. The maximum Gasteiger partial charge on any atom is 0.233 e. The summed E-state index contributed by atoms with van der Waals surface area (Å²) in [4.78, 5) is 10.9. The molecule has 0 aromatic carbocycles. The maximum atomic E-state index is 10.9. The van der Waals surface area contributed by atoms with Crippen LogP contribution in [-0.2, 0) is 4.79 Å². The van der Waals surface area contributed by atoms with E-state index < -0.39 is 0 Å².